The third kappa shape index (κ3) is 8.17. The molecule has 2 aliphatic rings. The van der Waals surface area contributed by atoms with Crippen molar-refractivity contribution in [3.05, 3.63) is 42.2 Å². The van der Waals surface area contributed by atoms with Gasteiger partial charge in [0.25, 0.3) is 0 Å². The molecular formula is C31H41F3N6O3. The molecule has 5 rings (SSSR count). The van der Waals surface area contributed by atoms with Gasteiger partial charge in [0.1, 0.15) is 11.2 Å². The van der Waals surface area contributed by atoms with Gasteiger partial charge in [0, 0.05) is 68.7 Å². The number of fused-ring (bicyclic) bond motifs is 1. The van der Waals surface area contributed by atoms with Crippen LogP contribution in [0.25, 0.3) is 22.2 Å². The maximum Gasteiger partial charge on any atom is 0.410 e. The Labute approximate surface area is 250 Å². The molecule has 1 amide bonds. The molecule has 1 saturated carbocycles. The average Bonchev–Trinajstić information content (AvgIpc) is 3.31. The number of hydrogen-bond donors (Lipinski definition) is 2. The number of carbonyl (C=O) groups is 1. The zero-order valence-electron chi connectivity index (χ0n) is 25.0. The number of alkyl halides is 3. The van der Waals surface area contributed by atoms with Gasteiger partial charge in [-0.25, -0.2) is 9.78 Å². The van der Waals surface area contributed by atoms with E-state index < -0.39 is 18.2 Å². The van der Waals surface area contributed by atoms with Crippen LogP contribution in [-0.4, -0.2) is 86.1 Å². The fourth-order valence-corrected chi connectivity index (χ4v) is 5.79. The summed E-state index contributed by atoms with van der Waals surface area (Å²) in [7, 11) is 0. The van der Waals surface area contributed by atoms with E-state index in [1.165, 1.54) is 0 Å². The van der Waals surface area contributed by atoms with E-state index >= 15 is 0 Å². The fourth-order valence-electron chi connectivity index (χ4n) is 5.79. The smallest absolute Gasteiger partial charge is 0.410 e. The highest BCUT2D eigenvalue weighted by molar-refractivity contribution is 5.94. The first kappa shape index (κ1) is 31.1. The lowest BCUT2D eigenvalue weighted by atomic mass is 9.93. The lowest BCUT2D eigenvalue weighted by Gasteiger charge is -2.35. The summed E-state index contributed by atoms with van der Waals surface area (Å²) in [6.45, 7) is 8.74. The van der Waals surface area contributed by atoms with Crippen LogP contribution in [0.5, 0.6) is 0 Å². The van der Waals surface area contributed by atoms with Crippen LogP contribution in [0.1, 0.15) is 64.5 Å². The van der Waals surface area contributed by atoms with Crippen molar-refractivity contribution in [1.29, 1.82) is 0 Å². The Hall–Kier alpha value is -3.38. The number of nitrogens with one attached hydrogen (secondary N) is 1. The second-order valence-electron chi connectivity index (χ2n) is 12.6. The number of amides is 1. The molecule has 0 atom stereocenters. The molecular weight excluding hydrogens is 561 g/mol. The summed E-state index contributed by atoms with van der Waals surface area (Å²) in [5, 5.41) is 13.6. The molecule has 2 N–H and O–H groups in total. The van der Waals surface area contributed by atoms with Crippen molar-refractivity contribution in [1.82, 2.24) is 24.3 Å². The molecule has 1 aliphatic heterocycles. The Kier molecular flexibility index (Phi) is 9.17. The van der Waals surface area contributed by atoms with Crippen molar-refractivity contribution in [2.45, 2.75) is 83.3 Å². The lowest BCUT2D eigenvalue weighted by molar-refractivity contribution is -0.131. The van der Waals surface area contributed by atoms with Gasteiger partial charge in [0.05, 0.1) is 12.5 Å². The van der Waals surface area contributed by atoms with E-state index in [1.54, 1.807) is 11.1 Å². The predicted octanol–water partition coefficient (Wildman–Crippen LogP) is 5.99. The van der Waals surface area contributed by atoms with Gasteiger partial charge in [-0.2, -0.15) is 18.2 Å². The molecule has 2 fully saturated rings. The Morgan fingerprint density at radius 3 is 2.49 bits per heavy atom. The minimum atomic E-state index is -4.26. The van der Waals surface area contributed by atoms with E-state index in [4.69, 9.17) is 4.74 Å². The molecule has 12 heteroatoms. The van der Waals surface area contributed by atoms with Crippen molar-refractivity contribution in [3.8, 4) is 11.1 Å². The number of benzene rings is 1. The Balaban J connectivity index is 1.34. The maximum atomic E-state index is 12.7. The van der Waals surface area contributed by atoms with Crippen LogP contribution in [-0.2, 0) is 11.3 Å². The first-order valence-corrected chi connectivity index (χ1v) is 15.0. The van der Waals surface area contributed by atoms with Crippen LogP contribution in [0.15, 0.2) is 36.7 Å². The van der Waals surface area contributed by atoms with Crippen LogP contribution >= 0.6 is 0 Å². The molecule has 0 radical (unpaired) electrons. The Bertz CT molecular complexity index is 1400. The molecule has 2 aromatic heterocycles. The van der Waals surface area contributed by atoms with E-state index in [1.807, 2.05) is 32.9 Å². The topological polar surface area (TPSA) is 95.8 Å². The number of halogens is 3. The van der Waals surface area contributed by atoms with E-state index in [0.717, 1.165) is 54.6 Å². The number of piperazine rings is 1. The summed E-state index contributed by atoms with van der Waals surface area (Å²) in [4.78, 5) is 25.5. The van der Waals surface area contributed by atoms with Crippen molar-refractivity contribution in [3.63, 3.8) is 0 Å². The minimum absolute atomic E-state index is 0.127. The van der Waals surface area contributed by atoms with Gasteiger partial charge in [-0.15, -0.1) is 0 Å². The van der Waals surface area contributed by atoms with Crippen LogP contribution < -0.4 is 5.32 Å². The molecule has 0 bridgehead atoms. The second kappa shape index (κ2) is 12.7. The van der Waals surface area contributed by atoms with E-state index in [2.05, 4.69) is 43.1 Å². The van der Waals surface area contributed by atoms with Gasteiger partial charge in [0.2, 0.25) is 5.95 Å². The van der Waals surface area contributed by atoms with E-state index in [0.29, 0.717) is 31.6 Å². The molecule has 9 nitrogen and oxygen atoms in total. The van der Waals surface area contributed by atoms with E-state index in [-0.39, 0.29) is 30.7 Å². The summed E-state index contributed by atoms with van der Waals surface area (Å²) in [5.41, 5.74) is 3.25. The van der Waals surface area contributed by atoms with Crippen LogP contribution in [0.3, 0.4) is 0 Å². The predicted molar refractivity (Wildman–Crippen MR) is 159 cm³/mol. The SMILES string of the molecule is CC(C)(C)OC(=O)N1CCN(Cc2cccc(-c3cn(C4CCC(O)CC4)c4nc(NCCC(F)(F)F)ncc34)c2)CC1. The summed E-state index contributed by atoms with van der Waals surface area (Å²) in [6, 6.07) is 8.44. The highest BCUT2D eigenvalue weighted by Crippen LogP contribution is 2.37. The number of aliphatic hydroxyl groups is 1. The highest BCUT2D eigenvalue weighted by Gasteiger charge is 2.28. The van der Waals surface area contributed by atoms with Crippen molar-refractivity contribution in [2.24, 2.45) is 0 Å². The minimum Gasteiger partial charge on any atom is -0.444 e. The first-order valence-electron chi connectivity index (χ1n) is 15.0. The molecule has 0 unspecified atom stereocenters. The number of rotatable bonds is 7. The van der Waals surface area contributed by atoms with Gasteiger partial charge in [-0.05, 0) is 63.6 Å². The molecule has 234 valence electrons. The van der Waals surface area contributed by atoms with Gasteiger partial charge in [-0.3, -0.25) is 4.90 Å². The number of hydrogen-bond acceptors (Lipinski definition) is 7. The van der Waals surface area contributed by atoms with Crippen molar-refractivity contribution in [2.75, 3.05) is 38.0 Å². The summed E-state index contributed by atoms with van der Waals surface area (Å²) in [6.07, 6.45) is 0.906. The van der Waals surface area contributed by atoms with Crippen LogP contribution in [0.2, 0.25) is 0 Å². The number of aromatic nitrogens is 3. The average molecular weight is 603 g/mol. The van der Waals surface area contributed by atoms with Gasteiger partial charge in [0.15, 0.2) is 0 Å². The number of carbonyl (C=O) groups excluding carboxylic acids is 1. The van der Waals surface area contributed by atoms with E-state index in [9.17, 15) is 23.1 Å². The highest BCUT2D eigenvalue weighted by atomic mass is 19.4. The maximum absolute atomic E-state index is 12.7. The summed E-state index contributed by atoms with van der Waals surface area (Å²) >= 11 is 0. The fraction of sp³-hybridized carbons (Fsp3) is 0.581. The van der Waals surface area contributed by atoms with Gasteiger partial charge < -0.3 is 24.6 Å². The number of anilines is 1. The molecule has 43 heavy (non-hydrogen) atoms. The second-order valence-corrected chi connectivity index (χ2v) is 12.6. The third-order valence-electron chi connectivity index (χ3n) is 7.99. The van der Waals surface area contributed by atoms with Crippen LogP contribution in [0, 0.1) is 0 Å². The van der Waals surface area contributed by atoms with Gasteiger partial charge >= 0.3 is 12.3 Å². The summed E-state index contributed by atoms with van der Waals surface area (Å²) < 4.78 is 45.7. The zero-order chi connectivity index (χ0) is 30.8. The molecule has 1 aromatic carbocycles. The molecule has 0 spiro atoms. The number of aliphatic hydroxyl groups excluding tert-OH is 1. The number of nitrogens with zero attached hydrogens (tertiary/aromatic N) is 5. The quantitative estimate of drug-likeness (QED) is 0.343. The largest absolute Gasteiger partial charge is 0.444 e. The Morgan fingerprint density at radius 2 is 1.81 bits per heavy atom. The standard InChI is InChI=1S/C31H41F3N6O3/c1-30(2,3)43-29(42)39-15-13-38(14-16-39)19-21-5-4-6-22(17-21)26-20-40(23-7-9-24(41)10-8-23)27-25(26)18-36-28(37-27)35-12-11-31(32,33)34/h4-6,17-18,20,23-24,41H,7-16,19H2,1-3H3,(H,35,36,37). The Morgan fingerprint density at radius 1 is 1.09 bits per heavy atom. The first-order chi connectivity index (χ1) is 20.3. The zero-order valence-corrected chi connectivity index (χ0v) is 25.0. The molecule has 3 heterocycles. The van der Waals surface area contributed by atoms with Gasteiger partial charge in [-0.1, -0.05) is 18.2 Å². The van der Waals surface area contributed by atoms with Crippen molar-refractivity contribution >= 4 is 23.1 Å². The number of ether oxygens (including phenoxy) is 1. The molecule has 3 aromatic rings. The monoisotopic (exact) mass is 602 g/mol. The lowest BCUT2D eigenvalue weighted by Crippen LogP contribution is -2.49. The van der Waals surface area contributed by atoms with Crippen molar-refractivity contribution < 1.29 is 27.8 Å². The third-order valence-corrected chi connectivity index (χ3v) is 7.99. The molecule has 1 aliphatic carbocycles. The normalized spacial score (nSPS) is 20.4. The summed E-state index contributed by atoms with van der Waals surface area (Å²) in [5.74, 6) is 0.165. The molecule has 1 saturated heterocycles. The van der Waals surface area contributed by atoms with Crippen LogP contribution in [0.4, 0.5) is 23.9 Å².